The summed E-state index contributed by atoms with van der Waals surface area (Å²) in [5.74, 6) is -0.231. The van der Waals surface area contributed by atoms with Gasteiger partial charge in [-0.15, -0.1) is 0 Å². The van der Waals surface area contributed by atoms with Crippen LogP contribution in [0.15, 0.2) is 18.5 Å². The fourth-order valence-electron chi connectivity index (χ4n) is 2.71. The lowest BCUT2D eigenvalue weighted by Crippen LogP contribution is -2.28. The molecule has 16 heavy (non-hydrogen) atoms. The monoisotopic (exact) mass is 222 g/mol. The van der Waals surface area contributed by atoms with Gasteiger partial charge in [-0.3, -0.25) is 4.98 Å². The minimum absolute atomic E-state index is 0.0853. The van der Waals surface area contributed by atoms with Crippen LogP contribution >= 0.6 is 0 Å². The zero-order valence-electron chi connectivity index (χ0n) is 9.96. The summed E-state index contributed by atoms with van der Waals surface area (Å²) in [6, 6.07) is 2.19. The molecule has 1 aromatic heterocycles. The molecule has 2 nitrogen and oxygen atoms in total. The third kappa shape index (κ3) is 2.24. The highest BCUT2D eigenvalue weighted by atomic mass is 19.1. The van der Waals surface area contributed by atoms with Crippen molar-refractivity contribution in [3.63, 3.8) is 0 Å². The van der Waals surface area contributed by atoms with Gasteiger partial charge in [0, 0.05) is 12.2 Å². The summed E-state index contributed by atoms with van der Waals surface area (Å²) in [6.07, 6.45) is 6.42. The highest BCUT2D eigenvalue weighted by Gasteiger charge is 2.36. The third-order valence-corrected chi connectivity index (χ3v) is 3.64. The molecule has 88 valence electrons. The SMILES string of the molecule is CCNC1CCC(C)(c2cncc(F)c2)C1. The summed E-state index contributed by atoms with van der Waals surface area (Å²) in [6.45, 7) is 5.34. The maximum Gasteiger partial charge on any atom is 0.141 e. The zero-order valence-corrected chi connectivity index (χ0v) is 9.96. The predicted molar refractivity (Wildman–Crippen MR) is 62.9 cm³/mol. The lowest BCUT2D eigenvalue weighted by molar-refractivity contribution is 0.453. The lowest BCUT2D eigenvalue weighted by atomic mass is 9.82. The number of nitrogens with one attached hydrogen (secondary N) is 1. The molecule has 1 N–H and O–H groups in total. The summed E-state index contributed by atoms with van der Waals surface area (Å²) in [5, 5.41) is 3.47. The molecule has 1 heterocycles. The molecule has 0 radical (unpaired) electrons. The van der Waals surface area contributed by atoms with Gasteiger partial charge in [0.25, 0.3) is 0 Å². The molecular formula is C13H19FN2. The molecule has 1 fully saturated rings. The first-order valence-corrected chi connectivity index (χ1v) is 5.98. The molecule has 2 rings (SSSR count). The molecule has 1 aliphatic rings. The van der Waals surface area contributed by atoms with E-state index in [0.717, 1.165) is 24.9 Å². The Labute approximate surface area is 96.3 Å². The number of aromatic nitrogens is 1. The first kappa shape index (κ1) is 11.5. The average molecular weight is 222 g/mol. The van der Waals surface area contributed by atoms with Crippen molar-refractivity contribution in [1.29, 1.82) is 0 Å². The van der Waals surface area contributed by atoms with E-state index in [9.17, 15) is 4.39 Å². The van der Waals surface area contributed by atoms with Gasteiger partial charge in [0.2, 0.25) is 0 Å². The number of hydrogen-bond acceptors (Lipinski definition) is 2. The standard InChI is InChI=1S/C13H19FN2/c1-3-16-12-4-5-13(2,7-12)10-6-11(14)9-15-8-10/h6,8-9,12,16H,3-5,7H2,1-2H3. The second-order valence-electron chi connectivity index (χ2n) is 4.95. The second-order valence-corrected chi connectivity index (χ2v) is 4.95. The van der Waals surface area contributed by atoms with Crippen LogP contribution in [0.3, 0.4) is 0 Å². The van der Waals surface area contributed by atoms with Crippen LogP contribution in [0.5, 0.6) is 0 Å². The van der Waals surface area contributed by atoms with E-state index in [1.807, 2.05) is 0 Å². The minimum atomic E-state index is -0.231. The van der Waals surface area contributed by atoms with E-state index in [0.29, 0.717) is 6.04 Å². The van der Waals surface area contributed by atoms with Crippen LogP contribution in [-0.2, 0) is 5.41 Å². The maximum atomic E-state index is 13.2. The quantitative estimate of drug-likeness (QED) is 0.850. The first-order chi connectivity index (χ1) is 7.64. The van der Waals surface area contributed by atoms with Gasteiger partial charge in [-0.2, -0.15) is 0 Å². The average Bonchev–Trinajstić information content (AvgIpc) is 2.62. The molecular weight excluding hydrogens is 203 g/mol. The van der Waals surface area contributed by atoms with Gasteiger partial charge in [-0.1, -0.05) is 13.8 Å². The van der Waals surface area contributed by atoms with Crippen molar-refractivity contribution in [3.8, 4) is 0 Å². The molecule has 0 saturated heterocycles. The highest BCUT2D eigenvalue weighted by Crippen LogP contribution is 2.40. The van der Waals surface area contributed by atoms with Crippen LogP contribution in [-0.4, -0.2) is 17.6 Å². The molecule has 3 heteroatoms. The van der Waals surface area contributed by atoms with Crippen LogP contribution in [0.25, 0.3) is 0 Å². The van der Waals surface area contributed by atoms with Gasteiger partial charge in [0.05, 0.1) is 6.20 Å². The maximum absolute atomic E-state index is 13.2. The van der Waals surface area contributed by atoms with E-state index >= 15 is 0 Å². The van der Waals surface area contributed by atoms with Gasteiger partial charge in [0.1, 0.15) is 5.82 Å². The fraction of sp³-hybridized carbons (Fsp3) is 0.615. The Morgan fingerprint density at radius 3 is 3.06 bits per heavy atom. The van der Waals surface area contributed by atoms with E-state index in [4.69, 9.17) is 0 Å². The van der Waals surface area contributed by atoms with Crippen LogP contribution in [0.1, 0.15) is 38.7 Å². The van der Waals surface area contributed by atoms with Crippen LogP contribution in [0.2, 0.25) is 0 Å². The summed E-state index contributed by atoms with van der Waals surface area (Å²) >= 11 is 0. The molecule has 0 spiro atoms. The number of nitrogens with zero attached hydrogens (tertiary/aromatic N) is 1. The van der Waals surface area contributed by atoms with Gasteiger partial charge in [-0.05, 0) is 42.9 Å². The van der Waals surface area contributed by atoms with Gasteiger partial charge in [-0.25, -0.2) is 4.39 Å². The summed E-state index contributed by atoms with van der Waals surface area (Å²) in [7, 11) is 0. The number of pyridine rings is 1. The van der Waals surface area contributed by atoms with Crippen molar-refractivity contribution in [2.45, 2.75) is 44.6 Å². The lowest BCUT2D eigenvalue weighted by Gasteiger charge is -2.24. The van der Waals surface area contributed by atoms with Crippen molar-refractivity contribution in [2.75, 3.05) is 6.54 Å². The molecule has 0 aliphatic heterocycles. The Kier molecular flexibility index (Phi) is 3.24. The molecule has 2 atom stereocenters. The first-order valence-electron chi connectivity index (χ1n) is 5.98. The number of halogens is 1. The van der Waals surface area contributed by atoms with E-state index < -0.39 is 0 Å². The summed E-state index contributed by atoms with van der Waals surface area (Å²) in [4.78, 5) is 3.95. The second kappa shape index (κ2) is 4.50. The minimum Gasteiger partial charge on any atom is -0.314 e. The van der Waals surface area contributed by atoms with Crippen molar-refractivity contribution in [2.24, 2.45) is 0 Å². The molecule has 1 saturated carbocycles. The van der Waals surface area contributed by atoms with Crippen molar-refractivity contribution < 1.29 is 4.39 Å². The van der Waals surface area contributed by atoms with E-state index in [1.165, 1.54) is 12.6 Å². The van der Waals surface area contributed by atoms with E-state index in [1.54, 1.807) is 12.3 Å². The Morgan fingerprint density at radius 2 is 2.38 bits per heavy atom. The molecule has 0 bridgehead atoms. The fourth-order valence-corrected chi connectivity index (χ4v) is 2.71. The van der Waals surface area contributed by atoms with Crippen LogP contribution in [0.4, 0.5) is 4.39 Å². The number of hydrogen-bond donors (Lipinski definition) is 1. The third-order valence-electron chi connectivity index (χ3n) is 3.64. The Balaban J connectivity index is 2.15. The van der Waals surface area contributed by atoms with Gasteiger partial charge in [0.15, 0.2) is 0 Å². The van der Waals surface area contributed by atoms with E-state index in [2.05, 4.69) is 24.1 Å². The normalized spacial score (nSPS) is 29.6. The zero-order chi connectivity index (χ0) is 11.6. The largest absolute Gasteiger partial charge is 0.314 e. The van der Waals surface area contributed by atoms with Crippen molar-refractivity contribution in [1.82, 2.24) is 10.3 Å². The van der Waals surface area contributed by atoms with E-state index in [-0.39, 0.29) is 11.2 Å². The Bertz CT molecular complexity index is 367. The highest BCUT2D eigenvalue weighted by molar-refractivity contribution is 5.23. The predicted octanol–water partition coefficient (Wildman–Crippen LogP) is 2.64. The molecule has 1 aromatic rings. The molecule has 0 aromatic carbocycles. The smallest absolute Gasteiger partial charge is 0.141 e. The Hall–Kier alpha value is -0.960. The summed E-state index contributed by atoms with van der Waals surface area (Å²) in [5.41, 5.74) is 1.12. The van der Waals surface area contributed by atoms with Crippen molar-refractivity contribution >= 4 is 0 Å². The molecule has 2 unspecified atom stereocenters. The summed E-state index contributed by atoms with van der Waals surface area (Å²) < 4.78 is 13.2. The van der Waals surface area contributed by atoms with Crippen LogP contribution in [0, 0.1) is 5.82 Å². The van der Waals surface area contributed by atoms with Gasteiger partial charge >= 0.3 is 0 Å². The van der Waals surface area contributed by atoms with Gasteiger partial charge < -0.3 is 5.32 Å². The van der Waals surface area contributed by atoms with Crippen LogP contribution < -0.4 is 5.32 Å². The Morgan fingerprint density at radius 1 is 1.56 bits per heavy atom. The molecule has 0 amide bonds. The topological polar surface area (TPSA) is 24.9 Å². The molecule has 1 aliphatic carbocycles. The number of rotatable bonds is 3. The van der Waals surface area contributed by atoms with Crippen molar-refractivity contribution in [3.05, 3.63) is 29.8 Å².